The molecule has 0 saturated carbocycles. The number of amides is 1. The van der Waals surface area contributed by atoms with Gasteiger partial charge in [0, 0.05) is 30.0 Å². The first-order valence-corrected chi connectivity index (χ1v) is 9.51. The van der Waals surface area contributed by atoms with Crippen LogP contribution >= 0.6 is 11.6 Å². The minimum atomic E-state index is 0.0292. The number of fused-ring (bicyclic) bond motifs is 1. The van der Waals surface area contributed by atoms with E-state index in [0.29, 0.717) is 29.6 Å². The molecule has 0 bridgehead atoms. The van der Waals surface area contributed by atoms with Crippen LogP contribution in [-0.4, -0.2) is 28.5 Å². The minimum Gasteiger partial charge on any atom is -0.369 e. The predicted molar refractivity (Wildman–Crippen MR) is 111 cm³/mol. The maximum atomic E-state index is 12.0. The number of nitrogens with zero attached hydrogens (tertiary/aromatic N) is 2. The molecule has 0 unspecified atom stereocenters. The average molecular weight is 383 g/mol. The summed E-state index contributed by atoms with van der Waals surface area (Å²) in [5.74, 6) is 1.29. The topological polar surface area (TPSA) is 66.9 Å². The molecule has 0 saturated heterocycles. The van der Waals surface area contributed by atoms with Crippen molar-refractivity contribution in [2.75, 3.05) is 11.9 Å². The summed E-state index contributed by atoms with van der Waals surface area (Å²) < 4.78 is 0. The van der Waals surface area contributed by atoms with Crippen molar-refractivity contribution >= 4 is 34.2 Å². The Hall–Kier alpha value is -2.66. The second kappa shape index (κ2) is 8.82. The molecule has 1 atom stereocenters. The number of anilines is 1. The summed E-state index contributed by atoms with van der Waals surface area (Å²) in [6.07, 6.45) is 1.29. The molecule has 0 spiro atoms. The number of carbonyl (C=O) groups excluding carboxylic acids is 1. The van der Waals surface area contributed by atoms with Crippen LogP contribution in [0, 0.1) is 0 Å². The van der Waals surface area contributed by atoms with Gasteiger partial charge in [0.05, 0.1) is 10.5 Å². The lowest BCUT2D eigenvalue weighted by molar-refractivity contribution is -0.121. The number of hydrogen-bond donors (Lipinski definition) is 2. The van der Waals surface area contributed by atoms with Gasteiger partial charge in [0.2, 0.25) is 5.91 Å². The second-order valence-corrected chi connectivity index (χ2v) is 6.85. The van der Waals surface area contributed by atoms with E-state index < -0.39 is 0 Å². The van der Waals surface area contributed by atoms with Gasteiger partial charge in [-0.25, -0.2) is 9.97 Å². The zero-order valence-corrected chi connectivity index (χ0v) is 16.3. The lowest BCUT2D eigenvalue weighted by Crippen LogP contribution is -2.33. The molecule has 5 nitrogen and oxygen atoms in total. The van der Waals surface area contributed by atoms with Crippen molar-refractivity contribution in [3.05, 3.63) is 53.6 Å². The molecule has 0 aliphatic rings. The smallest absolute Gasteiger partial charge is 0.221 e. The Morgan fingerprint density at radius 1 is 1.11 bits per heavy atom. The summed E-state index contributed by atoms with van der Waals surface area (Å²) in [7, 11) is 0. The van der Waals surface area contributed by atoms with Crippen molar-refractivity contribution in [2.24, 2.45) is 0 Å². The molecule has 0 radical (unpaired) electrons. The number of aromatic nitrogens is 2. The second-order valence-electron chi connectivity index (χ2n) is 6.45. The van der Waals surface area contributed by atoms with E-state index in [-0.39, 0.29) is 11.9 Å². The Kier molecular flexibility index (Phi) is 6.24. The molecular weight excluding hydrogens is 360 g/mol. The predicted octanol–water partition coefficient (Wildman–Crippen LogP) is 4.67. The fourth-order valence-corrected chi connectivity index (χ4v) is 2.94. The summed E-state index contributed by atoms with van der Waals surface area (Å²) in [5, 5.41) is 7.77. The van der Waals surface area contributed by atoms with Gasteiger partial charge in [0.1, 0.15) is 5.82 Å². The number of rotatable bonds is 7. The van der Waals surface area contributed by atoms with E-state index in [9.17, 15) is 4.79 Å². The molecule has 2 N–H and O–H groups in total. The van der Waals surface area contributed by atoms with E-state index in [1.807, 2.05) is 62.4 Å². The van der Waals surface area contributed by atoms with Gasteiger partial charge < -0.3 is 10.6 Å². The van der Waals surface area contributed by atoms with Crippen molar-refractivity contribution in [1.82, 2.24) is 15.3 Å². The Labute approximate surface area is 164 Å². The number of nitrogens with one attached hydrogen (secondary N) is 2. The zero-order chi connectivity index (χ0) is 19.2. The third kappa shape index (κ3) is 4.74. The van der Waals surface area contributed by atoms with E-state index in [1.54, 1.807) is 0 Å². The standard InChI is InChI=1S/C21H23ClN4O/c1-3-14(2)24-19(27)12-13-23-20-16-9-5-7-11-18(16)25-21(26-20)15-8-4-6-10-17(15)22/h4-11,14H,3,12-13H2,1-2H3,(H,24,27)(H,23,25,26)/t14-/m1/s1. The SMILES string of the molecule is CC[C@@H](C)NC(=O)CCNc1nc(-c2ccccc2Cl)nc2ccccc12. The number of hydrogen-bond acceptors (Lipinski definition) is 4. The van der Waals surface area contributed by atoms with E-state index in [2.05, 4.69) is 20.6 Å². The molecule has 6 heteroatoms. The molecule has 2 aromatic carbocycles. The Balaban J connectivity index is 1.84. The van der Waals surface area contributed by atoms with Crippen LogP contribution in [-0.2, 0) is 4.79 Å². The Bertz CT molecular complexity index is 944. The number of halogens is 1. The number of carbonyl (C=O) groups is 1. The molecule has 3 rings (SSSR count). The molecule has 3 aromatic rings. The van der Waals surface area contributed by atoms with Crippen LogP contribution in [0.2, 0.25) is 5.02 Å². The van der Waals surface area contributed by atoms with Crippen LogP contribution in [0.25, 0.3) is 22.3 Å². The molecule has 27 heavy (non-hydrogen) atoms. The zero-order valence-electron chi connectivity index (χ0n) is 15.5. The van der Waals surface area contributed by atoms with Crippen LogP contribution in [0.1, 0.15) is 26.7 Å². The lowest BCUT2D eigenvalue weighted by Gasteiger charge is -2.13. The third-order valence-corrected chi connectivity index (χ3v) is 4.71. The molecular formula is C21H23ClN4O. The largest absolute Gasteiger partial charge is 0.369 e. The van der Waals surface area contributed by atoms with Crippen molar-refractivity contribution < 1.29 is 4.79 Å². The van der Waals surface area contributed by atoms with Gasteiger partial charge >= 0.3 is 0 Å². The average Bonchev–Trinajstić information content (AvgIpc) is 2.68. The van der Waals surface area contributed by atoms with Gasteiger partial charge in [-0.3, -0.25) is 4.79 Å². The summed E-state index contributed by atoms with van der Waals surface area (Å²) in [6.45, 7) is 4.54. The van der Waals surface area contributed by atoms with Crippen molar-refractivity contribution in [2.45, 2.75) is 32.7 Å². The summed E-state index contributed by atoms with van der Waals surface area (Å²) in [4.78, 5) is 21.3. The highest BCUT2D eigenvalue weighted by Crippen LogP contribution is 2.29. The monoisotopic (exact) mass is 382 g/mol. The van der Waals surface area contributed by atoms with E-state index in [1.165, 1.54) is 0 Å². The number of para-hydroxylation sites is 1. The van der Waals surface area contributed by atoms with Crippen molar-refractivity contribution in [1.29, 1.82) is 0 Å². The third-order valence-electron chi connectivity index (χ3n) is 4.38. The van der Waals surface area contributed by atoms with Gasteiger partial charge in [-0.05, 0) is 37.6 Å². The number of benzene rings is 2. The minimum absolute atomic E-state index is 0.0292. The Morgan fingerprint density at radius 2 is 1.85 bits per heavy atom. The lowest BCUT2D eigenvalue weighted by atomic mass is 10.2. The molecule has 1 heterocycles. The maximum absolute atomic E-state index is 12.0. The van der Waals surface area contributed by atoms with Gasteiger partial charge in [0.15, 0.2) is 5.82 Å². The van der Waals surface area contributed by atoms with Crippen molar-refractivity contribution in [3.8, 4) is 11.4 Å². The quantitative estimate of drug-likeness (QED) is 0.623. The normalized spacial score (nSPS) is 12.0. The highest BCUT2D eigenvalue weighted by atomic mass is 35.5. The molecule has 1 amide bonds. The van der Waals surface area contributed by atoms with Crippen LogP contribution in [0.5, 0.6) is 0 Å². The first-order chi connectivity index (χ1) is 13.1. The van der Waals surface area contributed by atoms with Crippen LogP contribution in [0.3, 0.4) is 0 Å². The van der Waals surface area contributed by atoms with E-state index >= 15 is 0 Å². The molecule has 0 fully saturated rings. The van der Waals surface area contributed by atoms with Gasteiger partial charge in [0.25, 0.3) is 0 Å². The summed E-state index contributed by atoms with van der Waals surface area (Å²) in [6, 6.07) is 15.5. The highest BCUT2D eigenvalue weighted by Gasteiger charge is 2.12. The maximum Gasteiger partial charge on any atom is 0.221 e. The van der Waals surface area contributed by atoms with Gasteiger partial charge in [-0.1, -0.05) is 42.8 Å². The van der Waals surface area contributed by atoms with Gasteiger partial charge in [-0.2, -0.15) is 0 Å². The fourth-order valence-electron chi connectivity index (χ4n) is 2.72. The van der Waals surface area contributed by atoms with E-state index in [4.69, 9.17) is 11.6 Å². The summed E-state index contributed by atoms with van der Waals surface area (Å²) in [5.41, 5.74) is 1.61. The first-order valence-electron chi connectivity index (χ1n) is 9.13. The molecule has 140 valence electrons. The van der Waals surface area contributed by atoms with Crippen LogP contribution in [0.15, 0.2) is 48.5 Å². The highest BCUT2D eigenvalue weighted by molar-refractivity contribution is 6.33. The fraction of sp³-hybridized carbons (Fsp3) is 0.286. The van der Waals surface area contributed by atoms with Crippen LogP contribution in [0.4, 0.5) is 5.82 Å². The molecule has 0 aliphatic heterocycles. The first kappa shape index (κ1) is 19.1. The van der Waals surface area contributed by atoms with Crippen LogP contribution < -0.4 is 10.6 Å². The Morgan fingerprint density at radius 3 is 2.63 bits per heavy atom. The van der Waals surface area contributed by atoms with Crippen molar-refractivity contribution in [3.63, 3.8) is 0 Å². The summed E-state index contributed by atoms with van der Waals surface area (Å²) >= 11 is 6.32. The van der Waals surface area contributed by atoms with E-state index in [0.717, 1.165) is 22.9 Å². The molecule has 1 aromatic heterocycles. The van der Waals surface area contributed by atoms with Gasteiger partial charge in [-0.15, -0.1) is 0 Å². The molecule has 0 aliphatic carbocycles.